The normalized spacial score (nSPS) is 33.9. The average molecular weight is 268 g/mol. The van der Waals surface area contributed by atoms with Crippen LogP contribution in [-0.2, 0) is 0 Å². The molecule has 1 saturated carbocycles. The first kappa shape index (κ1) is 17.0. The largest absolute Gasteiger partial charge is 0.314 e. The van der Waals surface area contributed by atoms with Gasteiger partial charge in [-0.2, -0.15) is 0 Å². The summed E-state index contributed by atoms with van der Waals surface area (Å²) in [6.07, 6.45) is 2.75. The summed E-state index contributed by atoms with van der Waals surface area (Å²) in [5, 5.41) is 3.74. The second kappa shape index (κ2) is 7.64. The van der Waals surface area contributed by atoms with E-state index in [0.717, 1.165) is 30.2 Å². The molecule has 0 saturated heterocycles. The van der Waals surface area contributed by atoms with Gasteiger partial charge in [0, 0.05) is 18.6 Å². The molecule has 114 valence electrons. The smallest absolute Gasteiger partial charge is 0.0112 e. The zero-order valence-corrected chi connectivity index (χ0v) is 14.2. The molecule has 2 heteroatoms. The summed E-state index contributed by atoms with van der Waals surface area (Å²) in [7, 11) is 2.30. The van der Waals surface area contributed by atoms with Crippen LogP contribution >= 0.6 is 0 Å². The summed E-state index contributed by atoms with van der Waals surface area (Å²) in [5.41, 5.74) is 0. The Labute approximate surface area is 121 Å². The Bertz CT molecular complexity index is 252. The third kappa shape index (κ3) is 4.75. The number of rotatable bonds is 6. The second-order valence-electron chi connectivity index (χ2n) is 7.31. The first-order chi connectivity index (χ1) is 8.86. The van der Waals surface area contributed by atoms with Crippen LogP contribution in [0.5, 0.6) is 0 Å². The summed E-state index contributed by atoms with van der Waals surface area (Å²) in [6.45, 7) is 16.5. The van der Waals surface area contributed by atoms with E-state index in [9.17, 15) is 0 Å². The van der Waals surface area contributed by atoms with E-state index in [4.69, 9.17) is 0 Å². The standard InChI is InChI=1S/C17H36N2/c1-8-18-17-10-13(4)9-14(5)16(17)11-19(7)15(6)12(2)3/h12-18H,8-11H2,1-7H3. The maximum atomic E-state index is 3.74. The predicted molar refractivity (Wildman–Crippen MR) is 85.4 cm³/mol. The quantitative estimate of drug-likeness (QED) is 0.791. The molecule has 0 amide bonds. The number of nitrogens with zero attached hydrogens (tertiary/aromatic N) is 1. The summed E-state index contributed by atoms with van der Waals surface area (Å²) in [5.74, 6) is 3.26. The minimum Gasteiger partial charge on any atom is -0.314 e. The van der Waals surface area contributed by atoms with Crippen LogP contribution in [0, 0.1) is 23.7 Å². The molecule has 0 radical (unpaired) electrons. The lowest BCUT2D eigenvalue weighted by Crippen LogP contribution is -2.50. The van der Waals surface area contributed by atoms with Gasteiger partial charge in [0.05, 0.1) is 0 Å². The maximum Gasteiger partial charge on any atom is 0.0112 e. The summed E-state index contributed by atoms with van der Waals surface area (Å²) >= 11 is 0. The van der Waals surface area contributed by atoms with Crippen LogP contribution in [0.1, 0.15) is 54.4 Å². The lowest BCUT2D eigenvalue weighted by molar-refractivity contribution is 0.0877. The van der Waals surface area contributed by atoms with Crippen molar-refractivity contribution in [2.24, 2.45) is 23.7 Å². The maximum absolute atomic E-state index is 3.74. The lowest BCUT2D eigenvalue weighted by atomic mass is 9.72. The van der Waals surface area contributed by atoms with Gasteiger partial charge in [-0.15, -0.1) is 0 Å². The number of hydrogen-bond acceptors (Lipinski definition) is 2. The zero-order chi connectivity index (χ0) is 14.6. The lowest BCUT2D eigenvalue weighted by Gasteiger charge is -2.43. The molecule has 0 aromatic heterocycles. The van der Waals surface area contributed by atoms with Crippen LogP contribution in [0.3, 0.4) is 0 Å². The molecule has 0 spiro atoms. The van der Waals surface area contributed by atoms with Crippen LogP contribution in [0.15, 0.2) is 0 Å². The van der Waals surface area contributed by atoms with Crippen molar-refractivity contribution in [1.29, 1.82) is 0 Å². The molecule has 1 N–H and O–H groups in total. The highest BCUT2D eigenvalue weighted by Gasteiger charge is 2.34. The Balaban J connectivity index is 2.65. The molecule has 0 aromatic carbocycles. The molecule has 1 rings (SSSR count). The van der Waals surface area contributed by atoms with Gasteiger partial charge in [-0.3, -0.25) is 0 Å². The fourth-order valence-corrected chi connectivity index (χ4v) is 3.72. The van der Waals surface area contributed by atoms with E-state index in [0.29, 0.717) is 12.1 Å². The van der Waals surface area contributed by atoms with Crippen molar-refractivity contribution in [3.8, 4) is 0 Å². The van der Waals surface area contributed by atoms with E-state index in [1.165, 1.54) is 19.4 Å². The van der Waals surface area contributed by atoms with Gasteiger partial charge < -0.3 is 10.2 Å². The van der Waals surface area contributed by atoms with Crippen molar-refractivity contribution in [2.75, 3.05) is 20.1 Å². The van der Waals surface area contributed by atoms with E-state index in [-0.39, 0.29) is 0 Å². The Morgan fingerprint density at radius 3 is 2.32 bits per heavy atom. The van der Waals surface area contributed by atoms with Crippen LogP contribution < -0.4 is 5.32 Å². The molecule has 0 heterocycles. The molecule has 1 aliphatic rings. The van der Waals surface area contributed by atoms with Gasteiger partial charge in [-0.1, -0.05) is 34.6 Å². The molecule has 5 atom stereocenters. The van der Waals surface area contributed by atoms with E-state index >= 15 is 0 Å². The summed E-state index contributed by atoms with van der Waals surface area (Å²) in [6, 6.07) is 1.39. The minimum atomic E-state index is 0.675. The van der Waals surface area contributed by atoms with Gasteiger partial charge >= 0.3 is 0 Å². The van der Waals surface area contributed by atoms with E-state index in [1.54, 1.807) is 0 Å². The van der Waals surface area contributed by atoms with Crippen molar-refractivity contribution in [3.63, 3.8) is 0 Å². The van der Waals surface area contributed by atoms with Crippen LogP contribution in [0.25, 0.3) is 0 Å². The third-order valence-electron chi connectivity index (χ3n) is 5.30. The van der Waals surface area contributed by atoms with Crippen molar-refractivity contribution < 1.29 is 0 Å². The Kier molecular flexibility index (Phi) is 6.82. The van der Waals surface area contributed by atoms with Crippen molar-refractivity contribution >= 4 is 0 Å². The van der Waals surface area contributed by atoms with Gasteiger partial charge in [0.1, 0.15) is 0 Å². The third-order valence-corrected chi connectivity index (χ3v) is 5.30. The molecule has 0 aromatic rings. The van der Waals surface area contributed by atoms with Gasteiger partial charge in [0.2, 0.25) is 0 Å². The molecular weight excluding hydrogens is 232 g/mol. The Hall–Kier alpha value is -0.0800. The Morgan fingerprint density at radius 2 is 1.79 bits per heavy atom. The van der Waals surface area contributed by atoms with Gasteiger partial charge in [0.15, 0.2) is 0 Å². The monoisotopic (exact) mass is 268 g/mol. The van der Waals surface area contributed by atoms with Crippen LogP contribution in [0.4, 0.5) is 0 Å². The fourth-order valence-electron chi connectivity index (χ4n) is 3.72. The molecule has 5 unspecified atom stereocenters. The molecule has 19 heavy (non-hydrogen) atoms. The van der Waals surface area contributed by atoms with Crippen LogP contribution in [-0.4, -0.2) is 37.1 Å². The number of hydrogen-bond donors (Lipinski definition) is 1. The summed E-state index contributed by atoms with van der Waals surface area (Å²) in [4.78, 5) is 2.58. The molecule has 1 aliphatic carbocycles. The van der Waals surface area contributed by atoms with Gasteiger partial charge in [-0.25, -0.2) is 0 Å². The highest BCUT2D eigenvalue weighted by Crippen LogP contribution is 2.34. The molecule has 2 nitrogen and oxygen atoms in total. The Morgan fingerprint density at radius 1 is 1.16 bits per heavy atom. The van der Waals surface area contributed by atoms with E-state index < -0.39 is 0 Å². The first-order valence-electron chi connectivity index (χ1n) is 8.30. The number of nitrogens with one attached hydrogen (secondary N) is 1. The summed E-state index contributed by atoms with van der Waals surface area (Å²) < 4.78 is 0. The molecule has 0 bridgehead atoms. The predicted octanol–water partition coefficient (Wildman–Crippen LogP) is 3.62. The van der Waals surface area contributed by atoms with Gasteiger partial charge in [-0.05, 0) is 57.0 Å². The first-order valence-corrected chi connectivity index (χ1v) is 8.30. The topological polar surface area (TPSA) is 15.3 Å². The zero-order valence-electron chi connectivity index (χ0n) is 14.2. The van der Waals surface area contributed by atoms with Crippen molar-refractivity contribution in [2.45, 2.75) is 66.5 Å². The second-order valence-corrected chi connectivity index (χ2v) is 7.31. The SMILES string of the molecule is CCNC1CC(C)CC(C)C1CN(C)C(C)C(C)C. The highest BCUT2D eigenvalue weighted by molar-refractivity contribution is 4.89. The average Bonchev–Trinajstić information content (AvgIpc) is 2.32. The highest BCUT2D eigenvalue weighted by atomic mass is 15.1. The van der Waals surface area contributed by atoms with E-state index in [2.05, 4.69) is 58.8 Å². The van der Waals surface area contributed by atoms with E-state index in [1.807, 2.05) is 0 Å². The molecular formula is C17H36N2. The van der Waals surface area contributed by atoms with Crippen LogP contribution in [0.2, 0.25) is 0 Å². The fraction of sp³-hybridized carbons (Fsp3) is 1.00. The van der Waals surface area contributed by atoms with Crippen molar-refractivity contribution in [1.82, 2.24) is 10.2 Å². The van der Waals surface area contributed by atoms with Crippen molar-refractivity contribution in [3.05, 3.63) is 0 Å². The van der Waals surface area contributed by atoms with Gasteiger partial charge in [0.25, 0.3) is 0 Å². The minimum absolute atomic E-state index is 0.675. The molecule has 0 aliphatic heterocycles. The molecule has 1 fully saturated rings.